The molecule has 0 saturated heterocycles. The number of alkyl halides is 3. The Bertz CT molecular complexity index is 436. The minimum Gasteiger partial charge on any atom is -0.298 e. The molecule has 0 aromatic heterocycles. The fourth-order valence-electron chi connectivity index (χ4n) is 2.01. The van der Waals surface area contributed by atoms with Crippen molar-refractivity contribution < 1.29 is 30.0 Å². The van der Waals surface area contributed by atoms with Crippen molar-refractivity contribution in [2.45, 2.75) is 31.2 Å². The largest absolute Gasteiger partial charge is 0.523 e. The number of hydrogen-bond donors (Lipinski definition) is 0. The second-order valence-corrected chi connectivity index (χ2v) is 10.1. The Labute approximate surface area is 112 Å². The predicted octanol–water partition coefficient (Wildman–Crippen LogP) is 2.59. The van der Waals surface area contributed by atoms with Gasteiger partial charge >= 0.3 is 15.6 Å². The van der Waals surface area contributed by atoms with Gasteiger partial charge in [0.1, 0.15) is 5.78 Å². The molecule has 0 heterocycles. The smallest absolute Gasteiger partial charge is 0.298 e. The molecule has 0 N–H and O–H groups in total. The molecule has 0 aromatic rings. The maximum absolute atomic E-state index is 12.2. The van der Waals surface area contributed by atoms with E-state index >= 15 is 0 Å². The SMILES string of the molecule is CS(C)(CC(=O)C1CCCC1)OS(=O)(=O)C(F)(F)F. The van der Waals surface area contributed by atoms with E-state index in [0.29, 0.717) is 0 Å². The van der Waals surface area contributed by atoms with E-state index in [-0.39, 0.29) is 17.5 Å². The Morgan fingerprint density at radius 3 is 2.11 bits per heavy atom. The van der Waals surface area contributed by atoms with Crippen LogP contribution < -0.4 is 0 Å². The van der Waals surface area contributed by atoms with Crippen molar-refractivity contribution >= 4 is 26.2 Å². The lowest BCUT2D eigenvalue weighted by Crippen LogP contribution is -2.29. The summed E-state index contributed by atoms with van der Waals surface area (Å²) < 4.78 is 62.7. The van der Waals surface area contributed by atoms with Crippen LogP contribution >= 0.6 is 10.3 Å². The van der Waals surface area contributed by atoms with Crippen molar-refractivity contribution in [2.24, 2.45) is 5.92 Å². The lowest BCUT2D eigenvalue weighted by molar-refractivity contribution is -0.120. The van der Waals surface area contributed by atoms with Crippen molar-refractivity contribution in [3.63, 3.8) is 0 Å². The predicted molar refractivity (Wildman–Crippen MR) is 67.3 cm³/mol. The Hall–Kier alpha value is -0.280. The number of Topliss-reactive ketones (excluding diaryl/α,β-unsaturated/α-hetero) is 1. The van der Waals surface area contributed by atoms with E-state index in [4.69, 9.17) is 0 Å². The van der Waals surface area contributed by atoms with E-state index in [2.05, 4.69) is 3.63 Å². The highest BCUT2D eigenvalue weighted by atomic mass is 32.3. The highest BCUT2D eigenvalue weighted by Gasteiger charge is 2.49. The molecule has 0 aromatic carbocycles. The molecule has 0 spiro atoms. The van der Waals surface area contributed by atoms with E-state index in [0.717, 1.165) is 25.7 Å². The van der Waals surface area contributed by atoms with Gasteiger partial charge in [-0.05, 0) is 25.4 Å². The first-order valence-electron chi connectivity index (χ1n) is 5.71. The molecular weight excluding hydrogens is 305 g/mol. The van der Waals surface area contributed by atoms with Crippen LogP contribution in [0.15, 0.2) is 0 Å². The first-order chi connectivity index (χ1) is 8.45. The molecule has 9 heteroatoms. The highest BCUT2D eigenvalue weighted by Crippen LogP contribution is 2.47. The zero-order chi connectivity index (χ0) is 14.9. The fourth-order valence-corrected chi connectivity index (χ4v) is 5.38. The van der Waals surface area contributed by atoms with Gasteiger partial charge in [-0.3, -0.25) is 4.79 Å². The second-order valence-electron chi connectivity index (χ2n) is 5.00. The standard InChI is InChI=1S/C10H17F3O4S2/c1-18(2,17-19(15,16)10(11,12)13)7-9(14)8-5-3-4-6-8/h8H,3-7H2,1-2H3. The molecule has 1 aliphatic rings. The van der Waals surface area contributed by atoms with Crippen LogP contribution in [-0.2, 0) is 18.5 Å². The third-order valence-corrected chi connectivity index (χ3v) is 6.59. The normalized spacial score (nSPS) is 19.6. The van der Waals surface area contributed by atoms with Crippen LogP contribution in [0.2, 0.25) is 0 Å². The minimum atomic E-state index is -5.64. The van der Waals surface area contributed by atoms with Gasteiger partial charge in [0.25, 0.3) is 0 Å². The topological polar surface area (TPSA) is 60.4 Å². The Morgan fingerprint density at radius 1 is 1.21 bits per heavy atom. The average molecular weight is 322 g/mol. The van der Waals surface area contributed by atoms with E-state index in [1.165, 1.54) is 12.5 Å². The maximum atomic E-state index is 12.2. The van der Waals surface area contributed by atoms with Gasteiger partial charge in [-0.15, -0.1) is 10.3 Å². The van der Waals surface area contributed by atoms with Crippen molar-refractivity contribution in [3.8, 4) is 0 Å². The summed E-state index contributed by atoms with van der Waals surface area (Å²) in [5.41, 5.74) is -5.45. The summed E-state index contributed by atoms with van der Waals surface area (Å²) in [4.78, 5) is 11.9. The van der Waals surface area contributed by atoms with Gasteiger partial charge in [-0.25, -0.2) is 3.63 Å². The van der Waals surface area contributed by atoms with E-state index in [1.54, 1.807) is 0 Å². The van der Waals surface area contributed by atoms with Gasteiger partial charge in [0, 0.05) is 5.92 Å². The third kappa shape index (κ3) is 4.64. The highest BCUT2D eigenvalue weighted by molar-refractivity contribution is 8.32. The number of rotatable bonds is 5. The molecule has 1 rings (SSSR count). The number of carbonyl (C=O) groups excluding carboxylic acids is 1. The summed E-state index contributed by atoms with van der Waals surface area (Å²) in [5.74, 6) is -0.619. The number of halogens is 3. The van der Waals surface area contributed by atoms with Crippen molar-refractivity contribution in [3.05, 3.63) is 0 Å². The lowest BCUT2D eigenvalue weighted by atomic mass is 10.0. The second kappa shape index (κ2) is 5.61. The van der Waals surface area contributed by atoms with Gasteiger partial charge in [0.05, 0.1) is 5.75 Å². The summed E-state index contributed by atoms with van der Waals surface area (Å²) in [6.07, 6.45) is 5.80. The number of carbonyl (C=O) groups is 1. The molecule has 19 heavy (non-hydrogen) atoms. The van der Waals surface area contributed by atoms with E-state index in [9.17, 15) is 26.4 Å². The molecule has 114 valence electrons. The summed E-state index contributed by atoms with van der Waals surface area (Å²) in [6.45, 7) is 0. The first kappa shape index (κ1) is 16.8. The maximum Gasteiger partial charge on any atom is 0.523 e. The van der Waals surface area contributed by atoms with Crippen LogP contribution in [0.1, 0.15) is 25.7 Å². The monoisotopic (exact) mass is 322 g/mol. The molecule has 0 bridgehead atoms. The number of hydrogen-bond acceptors (Lipinski definition) is 4. The Kier molecular flexibility index (Phi) is 4.95. The average Bonchev–Trinajstić information content (AvgIpc) is 2.64. The molecule has 0 unspecified atom stereocenters. The minimum absolute atomic E-state index is 0.163. The first-order valence-corrected chi connectivity index (χ1v) is 9.66. The molecule has 1 aliphatic carbocycles. The van der Waals surface area contributed by atoms with Gasteiger partial charge in [-0.1, -0.05) is 12.8 Å². The Balaban J connectivity index is 2.68. The molecule has 0 atom stereocenters. The van der Waals surface area contributed by atoms with Crippen molar-refractivity contribution in [1.29, 1.82) is 0 Å². The van der Waals surface area contributed by atoms with Crippen LogP contribution in [0.3, 0.4) is 0 Å². The van der Waals surface area contributed by atoms with Crippen LogP contribution in [0.25, 0.3) is 0 Å². The summed E-state index contributed by atoms with van der Waals surface area (Å²) in [7, 11) is -8.26. The molecule has 0 amide bonds. The molecule has 0 radical (unpaired) electrons. The lowest BCUT2D eigenvalue weighted by Gasteiger charge is -2.30. The van der Waals surface area contributed by atoms with Crippen LogP contribution in [0.5, 0.6) is 0 Å². The van der Waals surface area contributed by atoms with Crippen LogP contribution in [-0.4, -0.2) is 38.0 Å². The van der Waals surface area contributed by atoms with Gasteiger partial charge in [0.15, 0.2) is 0 Å². The van der Waals surface area contributed by atoms with Gasteiger partial charge in [-0.2, -0.15) is 21.6 Å². The van der Waals surface area contributed by atoms with E-state index < -0.39 is 25.9 Å². The molecule has 0 aliphatic heterocycles. The van der Waals surface area contributed by atoms with Crippen molar-refractivity contribution in [1.82, 2.24) is 0 Å². The van der Waals surface area contributed by atoms with Crippen molar-refractivity contribution in [2.75, 3.05) is 18.3 Å². The zero-order valence-corrected chi connectivity index (χ0v) is 12.3. The summed E-state index contributed by atoms with van der Waals surface area (Å²) in [6, 6.07) is 0. The third-order valence-electron chi connectivity index (χ3n) is 2.86. The quantitative estimate of drug-likeness (QED) is 0.730. The van der Waals surface area contributed by atoms with Crippen LogP contribution in [0, 0.1) is 5.92 Å². The van der Waals surface area contributed by atoms with E-state index in [1.807, 2.05) is 0 Å². The number of ketones is 1. The Morgan fingerprint density at radius 2 is 1.68 bits per heavy atom. The summed E-state index contributed by atoms with van der Waals surface area (Å²) in [5, 5.41) is 0. The molecule has 1 saturated carbocycles. The van der Waals surface area contributed by atoms with Gasteiger partial charge < -0.3 is 0 Å². The fraction of sp³-hybridized carbons (Fsp3) is 0.900. The molecular formula is C10H17F3O4S2. The van der Waals surface area contributed by atoms with Crippen LogP contribution in [0.4, 0.5) is 13.2 Å². The van der Waals surface area contributed by atoms with Gasteiger partial charge in [0.2, 0.25) is 0 Å². The molecule has 1 fully saturated rings. The zero-order valence-electron chi connectivity index (χ0n) is 10.7. The summed E-state index contributed by atoms with van der Waals surface area (Å²) >= 11 is 0. The molecule has 4 nitrogen and oxygen atoms in total.